The second kappa shape index (κ2) is 7.02. The van der Waals surface area contributed by atoms with Crippen LogP contribution in [0.4, 0.5) is 16.3 Å². The Morgan fingerprint density at radius 2 is 2.05 bits per heavy atom. The fraction of sp³-hybridized carbons (Fsp3) is 0.600. The highest BCUT2D eigenvalue weighted by atomic mass is 32.2. The van der Waals surface area contributed by atoms with Crippen molar-refractivity contribution in [3.63, 3.8) is 0 Å². The van der Waals surface area contributed by atoms with Gasteiger partial charge in [0.1, 0.15) is 11.4 Å². The van der Waals surface area contributed by atoms with E-state index in [1.54, 1.807) is 12.3 Å². The van der Waals surface area contributed by atoms with Gasteiger partial charge in [-0.1, -0.05) is 0 Å². The molecule has 2 heterocycles. The van der Waals surface area contributed by atoms with Gasteiger partial charge in [-0.25, -0.2) is 9.78 Å². The smallest absolute Gasteiger partial charge is 0.413 e. The SMILES string of the molecule is CC(C)(C)OC(=O)Nc1ccc(NC2CCSCC2)cn1. The monoisotopic (exact) mass is 309 g/mol. The summed E-state index contributed by atoms with van der Waals surface area (Å²) in [5.41, 5.74) is 0.478. The number of nitrogens with one attached hydrogen (secondary N) is 2. The minimum absolute atomic E-state index is 0.486. The highest BCUT2D eigenvalue weighted by Crippen LogP contribution is 2.21. The number of hydrogen-bond acceptors (Lipinski definition) is 5. The zero-order valence-corrected chi connectivity index (χ0v) is 13.6. The third-order valence-corrected chi connectivity index (χ3v) is 4.03. The van der Waals surface area contributed by atoms with Crippen molar-refractivity contribution in [2.45, 2.75) is 45.3 Å². The summed E-state index contributed by atoms with van der Waals surface area (Å²) in [5, 5.41) is 6.11. The van der Waals surface area contributed by atoms with Crippen molar-refractivity contribution in [1.82, 2.24) is 4.98 Å². The molecule has 0 aromatic carbocycles. The lowest BCUT2D eigenvalue weighted by atomic mass is 10.1. The van der Waals surface area contributed by atoms with Crippen molar-refractivity contribution in [3.8, 4) is 0 Å². The number of nitrogens with zero attached hydrogens (tertiary/aromatic N) is 1. The predicted octanol–water partition coefficient (Wildman–Crippen LogP) is 3.74. The summed E-state index contributed by atoms with van der Waals surface area (Å²) in [6.45, 7) is 5.49. The van der Waals surface area contributed by atoms with Gasteiger partial charge >= 0.3 is 6.09 Å². The molecule has 5 nitrogen and oxygen atoms in total. The van der Waals surface area contributed by atoms with Crippen LogP contribution in [0.15, 0.2) is 18.3 Å². The number of amides is 1. The van der Waals surface area contributed by atoms with Gasteiger partial charge in [-0.05, 0) is 57.3 Å². The number of ether oxygens (including phenoxy) is 1. The molecule has 2 rings (SSSR count). The average molecular weight is 309 g/mol. The van der Waals surface area contributed by atoms with E-state index in [9.17, 15) is 4.79 Å². The Bertz CT molecular complexity index is 465. The summed E-state index contributed by atoms with van der Waals surface area (Å²) in [6, 6.07) is 4.24. The maximum absolute atomic E-state index is 11.6. The molecule has 1 fully saturated rings. The number of carbonyl (C=O) groups excluding carboxylic acids is 1. The summed E-state index contributed by atoms with van der Waals surface area (Å²) < 4.78 is 5.19. The van der Waals surface area contributed by atoms with E-state index in [2.05, 4.69) is 15.6 Å². The molecular weight excluding hydrogens is 286 g/mol. The largest absolute Gasteiger partial charge is 0.444 e. The first-order valence-corrected chi connectivity index (χ1v) is 8.38. The minimum Gasteiger partial charge on any atom is -0.444 e. The third kappa shape index (κ3) is 5.83. The fourth-order valence-corrected chi connectivity index (χ4v) is 3.15. The van der Waals surface area contributed by atoms with E-state index >= 15 is 0 Å². The molecule has 1 saturated heterocycles. The molecule has 1 aromatic heterocycles. The number of thioether (sulfide) groups is 1. The number of hydrogen-bond donors (Lipinski definition) is 2. The molecule has 1 amide bonds. The molecule has 0 saturated carbocycles. The molecular formula is C15H23N3O2S. The number of anilines is 2. The number of carbonyl (C=O) groups is 1. The van der Waals surface area contributed by atoms with Gasteiger partial charge in [0.2, 0.25) is 0 Å². The van der Waals surface area contributed by atoms with Crippen molar-refractivity contribution in [2.75, 3.05) is 22.1 Å². The van der Waals surface area contributed by atoms with Gasteiger partial charge in [0.15, 0.2) is 0 Å². The molecule has 1 aromatic rings. The molecule has 0 atom stereocenters. The van der Waals surface area contributed by atoms with Crippen molar-refractivity contribution < 1.29 is 9.53 Å². The van der Waals surface area contributed by atoms with Gasteiger partial charge in [-0.15, -0.1) is 0 Å². The Morgan fingerprint density at radius 3 is 2.62 bits per heavy atom. The Hall–Kier alpha value is -1.43. The van der Waals surface area contributed by atoms with Crippen LogP contribution in [0.5, 0.6) is 0 Å². The Morgan fingerprint density at radius 1 is 1.33 bits per heavy atom. The predicted molar refractivity (Wildman–Crippen MR) is 88.1 cm³/mol. The lowest BCUT2D eigenvalue weighted by molar-refractivity contribution is 0.0635. The quantitative estimate of drug-likeness (QED) is 0.890. The van der Waals surface area contributed by atoms with Crippen LogP contribution in [0.1, 0.15) is 33.6 Å². The molecule has 1 aliphatic rings. The molecule has 116 valence electrons. The minimum atomic E-state index is -0.509. The van der Waals surface area contributed by atoms with Gasteiger partial charge in [-0.2, -0.15) is 11.8 Å². The van der Waals surface area contributed by atoms with Gasteiger partial charge in [0, 0.05) is 6.04 Å². The molecule has 0 spiro atoms. The van der Waals surface area contributed by atoms with Crippen LogP contribution in [0.3, 0.4) is 0 Å². The van der Waals surface area contributed by atoms with Crippen molar-refractivity contribution in [1.29, 1.82) is 0 Å². The summed E-state index contributed by atoms with van der Waals surface area (Å²) in [7, 11) is 0. The van der Waals surface area contributed by atoms with E-state index in [1.165, 1.54) is 24.3 Å². The Labute approximate surface area is 130 Å². The summed E-state index contributed by atoms with van der Waals surface area (Å²) in [6.07, 6.45) is 3.62. The second-order valence-corrected chi connectivity index (χ2v) is 7.31. The van der Waals surface area contributed by atoms with Crippen LogP contribution in [-0.4, -0.2) is 34.2 Å². The second-order valence-electron chi connectivity index (χ2n) is 6.09. The molecule has 1 aliphatic heterocycles. The van der Waals surface area contributed by atoms with Crippen LogP contribution in [0, 0.1) is 0 Å². The molecule has 0 aliphatic carbocycles. The van der Waals surface area contributed by atoms with E-state index in [0.717, 1.165) is 5.69 Å². The maximum Gasteiger partial charge on any atom is 0.413 e. The summed E-state index contributed by atoms with van der Waals surface area (Å²) >= 11 is 2.01. The van der Waals surface area contributed by atoms with Gasteiger partial charge in [-0.3, -0.25) is 5.32 Å². The fourth-order valence-electron chi connectivity index (χ4n) is 2.04. The van der Waals surface area contributed by atoms with E-state index in [1.807, 2.05) is 38.6 Å². The molecule has 2 N–H and O–H groups in total. The molecule has 6 heteroatoms. The molecule has 21 heavy (non-hydrogen) atoms. The van der Waals surface area contributed by atoms with Crippen molar-refractivity contribution >= 4 is 29.4 Å². The van der Waals surface area contributed by atoms with E-state index in [0.29, 0.717) is 11.9 Å². The zero-order chi connectivity index (χ0) is 15.3. The maximum atomic E-state index is 11.6. The summed E-state index contributed by atoms with van der Waals surface area (Å²) in [5.74, 6) is 2.92. The van der Waals surface area contributed by atoms with Crippen LogP contribution >= 0.6 is 11.8 Å². The van der Waals surface area contributed by atoms with E-state index in [4.69, 9.17) is 4.74 Å². The summed E-state index contributed by atoms with van der Waals surface area (Å²) in [4.78, 5) is 15.9. The van der Waals surface area contributed by atoms with Crippen LogP contribution < -0.4 is 10.6 Å². The van der Waals surface area contributed by atoms with Gasteiger partial charge < -0.3 is 10.1 Å². The topological polar surface area (TPSA) is 63.2 Å². The van der Waals surface area contributed by atoms with Gasteiger partial charge in [0.05, 0.1) is 11.9 Å². The Balaban J connectivity index is 1.85. The lowest BCUT2D eigenvalue weighted by Gasteiger charge is -2.23. The normalized spacial score (nSPS) is 16.3. The first-order valence-electron chi connectivity index (χ1n) is 7.23. The highest BCUT2D eigenvalue weighted by Gasteiger charge is 2.17. The van der Waals surface area contributed by atoms with Crippen LogP contribution in [0.25, 0.3) is 0 Å². The first kappa shape index (κ1) is 15.9. The third-order valence-electron chi connectivity index (χ3n) is 2.98. The van der Waals surface area contributed by atoms with Gasteiger partial charge in [0.25, 0.3) is 0 Å². The number of aromatic nitrogens is 1. The van der Waals surface area contributed by atoms with Crippen LogP contribution in [0.2, 0.25) is 0 Å². The molecule has 0 bridgehead atoms. The van der Waals surface area contributed by atoms with Crippen molar-refractivity contribution in [2.24, 2.45) is 0 Å². The first-order chi connectivity index (χ1) is 9.92. The molecule has 0 unspecified atom stereocenters. The Kier molecular flexibility index (Phi) is 5.33. The van der Waals surface area contributed by atoms with Crippen molar-refractivity contribution in [3.05, 3.63) is 18.3 Å². The van der Waals surface area contributed by atoms with E-state index < -0.39 is 11.7 Å². The molecule has 0 radical (unpaired) electrons. The highest BCUT2D eigenvalue weighted by molar-refractivity contribution is 7.99. The van der Waals surface area contributed by atoms with Crippen LogP contribution in [-0.2, 0) is 4.74 Å². The number of rotatable bonds is 3. The average Bonchev–Trinajstić information content (AvgIpc) is 2.40. The zero-order valence-electron chi connectivity index (χ0n) is 12.8. The number of pyridine rings is 1. The lowest BCUT2D eigenvalue weighted by Crippen LogP contribution is -2.27. The standard InChI is InChI=1S/C15H23N3O2S/c1-15(2,3)20-14(19)18-13-5-4-12(10-16-13)17-11-6-8-21-9-7-11/h4-5,10-11,17H,6-9H2,1-3H3,(H,16,18,19). The van der Waals surface area contributed by atoms with E-state index in [-0.39, 0.29) is 0 Å².